The lowest BCUT2D eigenvalue weighted by atomic mass is 10.1. The molecule has 1 aromatic heterocycles. The highest BCUT2D eigenvalue weighted by Gasteiger charge is 2.16. The van der Waals surface area contributed by atoms with Gasteiger partial charge in [-0.25, -0.2) is 4.98 Å². The van der Waals surface area contributed by atoms with Gasteiger partial charge in [-0.05, 0) is 49.2 Å². The van der Waals surface area contributed by atoms with Crippen molar-refractivity contribution in [3.05, 3.63) is 64.0 Å². The number of hydrogen-bond acceptors (Lipinski definition) is 5. The van der Waals surface area contributed by atoms with Gasteiger partial charge < -0.3 is 14.4 Å². The van der Waals surface area contributed by atoms with E-state index in [4.69, 9.17) is 9.47 Å². The first-order valence-corrected chi connectivity index (χ1v) is 9.00. The molecule has 0 bridgehead atoms. The van der Waals surface area contributed by atoms with E-state index in [-0.39, 0.29) is 0 Å². The predicted molar refractivity (Wildman–Crippen MR) is 103 cm³/mol. The van der Waals surface area contributed by atoms with Crippen LogP contribution in [0.3, 0.4) is 0 Å². The highest BCUT2D eigenvalue weighted by Crippen LogP contribution is 2.32. The molecule has 130 valence electrons. The highest BCUT2D eigenvalue weighted by molar-refractivity contribution is 7.07. The number of hydrogen-bond donors (Lipinski definition) is 0. The molecule has 0 fully saturated rings. The van der Waals surface area contributed by atoms with Gasteiger partial charge in [-0.1, -0.05) is 6.07 Å². The molecule has 0 atom stereocenters. The molecule has 0 saturated heterocycles. The van der Waals surface area contributed by atoms with Crippen LogP contribution in [0.2, 0.25) is 0 Å². The van der Waals surface area contributed by atoms with Crippen LogP contribution in [0, 0.1) is 13.8 Å². The zero-order valence-corrected chi connectivity index (χ0v) is 15.8. The fourth-order valence-electron chi connectivity index (χ4n) is 2.90. The van der Waals surface area contributed by atoms with Crippen molar-refractivity contribution in [2.24, 2.45) is 0 Å². The lowest BCUT2D eigenvalue weighted by molar-refractivity contribution is 0.391. The van der Waals surface area contributed by atoms with Crippen LogP contribution < -0.4 is 14.4 Å². The smallest absolute Gasteiger partial charge is 0.144 e. The maximum atomic E-state index is 5.56. The summed E-state index contributed by atoms with van der Waals surface area (Å²) < 4.78 is 10.9. The zero-order chi connectivity index (χ0) is 17.8. The van der Waals surface area contributed by atoms with Crippen molar-refractivity contribution < 1.29 is 9.47 Å². The average molecular weight is 354 g/mol. The molecule has 0 unspecified atom stereocenters. The van der Waals surface area contributed by atoms with Crippen LogP contribution in [-0.4, -0.2) is 19.2 Å². The molecule has 25 heavy (non-hydrogen) atoms. The normalized spacial score (nSPS) is 10.6. The summed E-state index contributed by atoms with van der Waals surface area (Å²) in [6.07, 6.45) is 0. The van der Waals surface area contributed by atoms with Gasteiger partial charge in [0.2, 0.25) is 0 Å². The summed E-state index contributed by atoms with van der Waals surface area (Å²) in [6, 6.07) is 12.5. The molecule has 0 aliphatic rings. The summed E-state index contributed by atoms with van der Waals surface area (Å²) >= 11 is 1.59. The molecule has 4 nitrogen and oxygen atoms in total. The minimum absolute atomic E-state index is 0.666. The van der Waals surface area contributed by atoms with Crippen LogP contribution in [0.1, 0.15) is 16.7 Å². The summed E-state index contributed by atoms with van der Waals surface area (Å²) in [5, 5.41) is 2.06. The Morgan fingerprint density at radius 3 is 2.36 bits per heavy atom. The van der Waals surface area contributed by atoms with Gasteiger partial charge in [0.1, 0.15) is 17.3 Å². The van der Waals surface area contributed by atoms with Gasteiger partial charge in [-0.3, -0.25) is 0 Å². The summed E-state index contributed by atoms with van der Waals surface area (Å²) in [4.78, 5) is 6.73. The van der Waals surface area contributed by atoms with Gasteiger partial charge in [0.25, 0.3) is 0 Å². The van der Waals surface area contributed by atoms with Crippen molar-refractivity contribution in [2.45, 2.75) is 20.4 Å². The number of methoxy groups -OCH3 is 2. The summed E-state index contributed by atoms with van der Waals surface area (Å²) in [5.74, 6) is 2.53. The minimum Gasteiger partial charge on any atom is -0.497 e. The van der Waals surface area contributed by atoms with Crippen molar-refractivity contribution in [2.75, 3.05) is 19.1 Å². The lowest BCUT2D eigenvalue weighted by Crippen LogP contribution is -2.17. The number of ether oxygens (including phenoxy) is 2. The third kappa shape index (κ3) is 3.94. The molecular weight excluding hydrogens is 332 g/mol. The number of thiazole rings is 1. The van der Waals surface area contributed by atoms with Crippen molar-refractivity contribution in [1.82, 2.24) is 4.98 Å². The first kappa shape index (κ1) is 17.3. The largest absolute Gasteiger partial charge is 0.497 e. The zero-order valence-electron chi connectivity index (χ0n) is 14.9. The first-order chi connectivity index (χ1) is 12.1. The predicted octanol–water partition coefficient (Wildman–Crippen LogP) is 5.12. The summed E-state index contributed by atoms with van der Waals surface area (Å²) in [7, 11) is 3.34. The second-order valence-electron chi connectivity index (χ2n) is 5.96. The molecule has 2 aromatic carbocycles. The summed E-state index contributed by atoms with van der Waals surface area (Å²) in [5.41, 5.74) is 6.53. The molecule has 0 amide bonds. The van der Waals surface area contributed by atoms with E-state index in [0.717, 1.165) is 28.6 Å². The van der Waals surface area contributed by atoms with Crippen molar-refractivity contribution in [3.8, 4) is 11.5 Å². The molecule has 0 radical (unpaired) electrons. The molecule has 0 aliphatic carbocycles. The molecule has 0 aliphatic heterocycles. The van der Waals surface area contributed by atoms with E-state index in [1.54, 1.807) is 25.6 Å². The Morgan fingerprint density at radius 1 is 1.00 bits per heavy atom. The Labute approximate surface area is 152 Å². The van der Waals surface area contributed by atoms with Crippen LogP contribution in [-0.2, 0) is 6.54 Å². The Kier molecular flexibility index (Phi) is 5.24. The molecular formula is C20H22N2O2S. The maximum Gasteiger partial charge on any atom is 0.144 e. The number of aryl methyl sites for hydroxylation is 2. The standard InChI is InChI=1S/C20H22N2O2S/c1-14-7-15(2)9-17(8-14)22(20-12-25-13-21-20)11-16-5-6-18(23-3)10-19(16)24-4/h5-10,12-13H,11H2,1-4H3. The number of rotatable bonds is 6. The minimum atomic E-state index is 0.666. The Bertz CT molecular complexity index is 827. The van der Waals surface area contributed by atoms with Gasteiger partial charge in [0.05, 0.1) is 26.3 Å². The van der Waals surface area contributed by atoms with E-state index in [1.807, 2.05) is 23.7 Å². The number of aromatic nitrogens is 1. The van der Waals surface area contributed by atoms with E-state index >= 15 is 0 Å². The van der Waals surface area contributed by atoms with Crippen molar-refractivity contribution in [3.63, 3.8) is 0 Å². The first-order valence-electron chi connectivity index (χ1n) is 8.05. The van der Waals surface area contributed by atoms with Crippen LogP contribution in [0.15, 0.2) is 47.3 Å². The van der Waals surface area contributed by atoms with Gasteiger partial charge in [-0.2, -0.15) is 0 Å². The van der Waals surface area contributed by atoms with E-state index in [9.17, 15) is 0 Å². The Balaban J connectivity index is 2.02. The number of nitrogens with zero attached hydrogens (tertiary/aromatic N) is 2. The fraction of sp³-hybridized carbons (Fsp3) is 0.250. The van der Waals surface area contributed by atoms with Crippen LogP contribution in [0.4, 0.5) is 11.5 Å². The van der Waals surface area contributed by atoms with Gasteiger partial charge in [0, 0.05) is 22.7 Å². The summed E-state index contributed by atoms with van der Waals surface area (Å²) in [6.45, 7) is 4.90. The third-order valence-corrected chi connectivity index (χ3v) is 4.61. The van der Waals surface area contributed by atoms with E-state index < -0.39 is 0 Å². The van der Waals surface area contributed by atoms with Crippen molar-refractivity contribution >= 4 is 22.8 Å². The maximum absolute atomic E-state index is 5.56. The third-order valence-electron chi connectivity index (χ3n) is 4.04. The molecule has 1 heterocycles. The van der Waals surface area contributed by atoms with Crippen LogP contribution >= 0.6 is 11.3 Å². The fourth-order valence-corrected chi connectivity index (χ4v) is 3.44. The monoisotopic (exact) mass is 354 g/mol. The topological polar surface area (TPSA) is 34.6 Å². The molecule has 0 saturated carbocycles. The molecule has 0 spiro atoms. The van der Waals surface area contributed by atoms with Crippen molar-refractivity contribution in [1.29, 1.82) is 0 Å². The Hall–Kier alpha value is -2.53. The van der Waals surface area contributed by atoms with Crippen LogP contribution in [0.5, 0.6) is 11.5 Å². The molecule has 5 heteroatoms. The van der Waals surface area contributed by atoms with Gasteiger partial charge >= 0.3 is 0 Å². The van der Waals surface area contributed by atoms with Gasteiger partial charge in [0.15, 0.2) is 0 Å². The Morgan fingerprint density at radius 2 is 1.76 bits per heavy atom. The average Bonchev–Trinajstić information content (AvgIpc) is 3.13. The van der Waals surface area contributed by atoms with E-state index in [1.165, 1.54) is 11.1 Å². The SMILES string of the molecule is COc1ccc(CN(c2cc(C)cc(C)c2)c2cscn2)c(OC)c1. The second-order valence-corrected chi connectivity index (χ2v) is 6.68. The van der Waals surface area contributed by atoms with E-state index in [0.29, 0.717) is 6.54 Å². The van der Waals surface area contributed by atoms with E-state index in [2.05, 4.69) is 47.3 Å². The van der Waals surface area contributed by atoms with Gasteiger partial charge in [-0.15, -0.1) is 11.3 Å². The number of anilines is 2. The molecule has 3 aromatic rings. The van der Waals surface area contributed by atoms with Crippen LogP contribution in [0.25, 0.3) is 0 Å². The second kappa shape index (κ2) is 7.57. The quantitative estimate of drug-likeness (QED) is 0.616. The number of benzene rings is 2. The molecule has 0 N–H and O–H groups in total. The highest BCUT2D eigenvalue weighted by atomic mass is 32.1. The molecule has 3 rings (SSSR count). The lowest BCUT2D eigenvalue weighted by Gasteiger charge is -2.24.